The molecule has 0 bridgehead atoms. The molecule has 0 heterocycles. The third-order valence-electron chi connectivity index (χ3n) is 2.42. The minimum Gasteiger partial charge on any atom is -0.396 e. The topological polar surface area (TPSA) is 20.2 Å². The van der Waals surface area contributed by atoms with Gasteiger partial charge < -0.3 is 5.11 Å². The first kappa shape index (κ1) is 11.0. The van der Waals surface area contributed by atoms with Crippen LogP contribution in [0.5, 0.6) is 0 Å². The molecular weight excluding hydrogens is 172 g/mol. The van der Waals surface area contributed by atoms with Crippen molar-refractivity contribution in [1.82, 2.24) is 0 Å². The molecule has 0 unspecified atom stereocenters. The zero-order valence-electron chi connectivity index (χ0n) is 8.74. The first-order valence-corrected chi connectivity index (χ1v) is 5.15. The molecule has 1 N–H and O–H groups in total. The van der Waals surface area contributed by atoms with Crippen molar-refractivity contribution in [3.63, 3.8) is 0 Å². The summed E-state index contributed by atoms with van der Waals surface area (Å²) in [5.41, 5.74) is 2.71. The molecule has 0 atom stereocenters. The van der Waals surface area contributed by atoms with Gasteiger partial charge in [-0.15, -0.1) is 0 Å². The lowest BCUT2D eigenvalue weighted by atomic mass is 10.0. The maximum absolute atomic E-state index is 8.82. The highest BCUT2D eigenvalue weighted by Gasteiger charge is 1.96. The summed E-state index contributed by atoms with van der Waals surface area (Å²) in [7, 11) is 0. The molecule has 0 aliphatic carbocycles. The summed E-state index contributed by atoms with van der Waals surface area (Å²) in [5, 5.41) is 8.82. The van der Waals surface area contributed by atoms with Gasteiger partial charge in [-0.3, -0.25) is 0 Å². The van der Waals surface area contributed by atoms with Crippen molar-refractivity contribution in [2.75, 3.05) is 6.61 Å². The Morgan fingerprint density at radius 1 is 1.21 bits per heavy atom. The predicted octanol–water partition coefficient (Wildman–Crippen LogP) is 2.95. The van der Waals surface area contributed by atoms with Crippen LogP contribution in [0.3, 0.4) is 0 Å². The summed E-state index contributed by atoms with van der Waals surface area (Å²) in [6.07, 6.45) is 5.05. The summed E-state index contributed by atoms with van der Waals surface area (Å²) in [6.45, 7) is 2.30. The van der Waals surface area contributed by atoms with Gasteiger partial charge in [-0.05, 0) is 31.7 Å². The smallest absolute Gasteiger partial charge is 0.0468 e. The number of aliphatic hydroxyl groups excluding tert-OH is 1. The maximum atomic E-state index is 8.82. The van der Waals surface area contributed by atoms with E-state index in [0.717, 1.165) is 19.3 Å². The summed E-state index contributed by atoms with van der Waals surface area (Å²) >= 11 is 0. The van der Waals surface area contributed by atoms with E-state index in [1.807, 2.05) is 13.0 Å². The molecule has 14 heavy (non-hydrogen) atoms. The minimum atomic E-state index is 0.258. The lowest BCUT2D eigenvalue weighted by Crippen LogP contribution is -1.92. The van der Waals surface area contributed by atoms with Gasteiger partial charge in [-0.2, -0.15) is 0 Å². The molecular formula is C13H18O. The quantitative estimate of drug-likeness (QED) is 0.708. The monoisotopic (exact) mass is 190 g/mol. The fourth-order valence-electron chi connectivity index (χ4n) is 1.51. The highest BCUT2D eigenvalue weighted by atomic mass is 16.2. The number of aliphatic hydroxyl groups is 1. The van der Waals surface area contributed by atoms with Crippen LogP contribution in [0.25, 0.3) is 0 Å². The van der Waals surface area contributed by atoms with Crippen LogP contribution in [0.4, 0.5) is 0 Å². The van der Waals surface area contributed by atoms with E-state index in [4.69, 9.17) is 5.11 Å². The minimum absolute atomic E-state index is 0.258. The molecule has 1 aromatic rings. The van der Waals surface area contributed by atoms with Gasteiger partial charge in [0.25, 0.3) is 0 Å². The standard InChI is InChI=1S/C13H18O/c1-2-12(10-11-14)8-9-13-6-4-3-5-7-13/h2-7,14H,8-11H2,1H3. The van der Waals surface area contributed by atoms with Gasteiger partial charge >= 0.3 is 0 Å². The van der Waals surface area contributed by atoms with Crippen molar-refractivity contribution in [3.8, 4) is 0 Å². The first-order valence-electron chi connectivity index (χ1n) is 5.15. The number of hydrogen-bond acceptors (Lipinski definition) is 1. The average Bonchev–Trinajstić information content (AvgIpc) is 2.25. The van der Waals surface area contributed by atoms with Gasteiger partial charge in [0.15, 0.2) is 0 Å². The van der Waals surface area contributed by atoms with Gasteiger partial charge in [-0.25, -0.2) is 0 Å². The molecule has 76 valence electrons. The van der Waals surface area contributed by atoms with E-state index >= 15 is 0 Å². The van der Waals surface area contributed by atoms with Crippen LogP contribution in [-0.2, 0) is 6.42 Å². The van der Waals surface area contributed by atoms with Crippen molar-refractivity contribution in [1.29, 1.82) is 0 Å². The molecule has 1 aromatic carbocycles. The second-order valence-corrected chi connectivity index (χ2v) is 3.41. The third kappa shape index (κ3) is 3.75. The molecule has 0 amide bonds. The summed E-state index contributed by atoms with van der Waals surface area (Å²) in [6, 6.07) is 10.5. The number of aryl methyl sites for hydroxylation is 1. The van der Waals surface area contributed by atoms with Crippen molar-refractivity contribution in [3.05, 3.63) is 47.5 Å². The van der Waals surface area contributed by atoms with E-state index in [0.29, 0.717) is 0 Å². The van der Waals surface area contributed by atoms with E-state index in [1.54, 1.807) is 0 Å². The van der Waals surface area contributed by atoms with Crippen molar-refractivity contribution in [2.24, 2.45) is 0 Å². The number of benzene rings is 1. The van der Waals surface area contributed by atoms with Gasteiger partial charge in [0.1, 0.15) is 0 Å². The Kier molecular flexibility index (Phi) is 5.02. The third-order valence-corrected chi connectivity index (χ3v) is 2.42. The Balaban J connectivity index is 2.40. The molecule has 1 heteroatoms. The fraction of sp³-hybridized carbons (Fsp3) is 0.385. The molecule has 0 fully saturated rings. The highest BCUT2D eigenvalue weighted by Crippen LogP contribution is 2.11. The van der Waals surface area contributed by atoms with Crippen molar-refractivity contribution in [2.45, 2.75) is 26.2 Å². The first-order chi connectivity index (χ1) is 6.86. The Morgan fingerprint density at radius 3 is 2.50 bits per heavy atom. The van der Waals surface area contributed by atoms with Gasteiger partial charge in [-0.1, -0.05) is 42.0 Å². The lowest BCUT2D eigenvalue weighted by Gasteiger charge is -2.04. The Bertz CT molecular complexity index is 275. The molecule has 0 saturated heterocycles. The number of hydrogen-bond donors (Lipinski definition) is 1. The predicted molar refractivity (Wildman–Crippen MR) is 60.2 cm³/mol. The Morgan fingerprint density at radius 2 is 1.93 bits per heavy atom. The van der Waals surface area contributed by atoms with Crippen molar-refractivity contribution >= 4 is 0 Å². The second-order valence-electron chi connectivity index (χ2n) is 3.41. The number of rotatable bonds is 5. The second kappa shape index (κ2) is 6.39. The fourth-order valence-corrected chi connectivity index (χ4v) is 1.51. The molecule has 0 radical (unpaired) electrons. The molecule has 0 saturated carbocycles. The number of allylic oxidation sites excluding steroid dienone is 1. The van der Waals surface area contributed by atoms with Gasteiger partial charge in [0.2, 0.25) is 0 Å². The molecule has 1 nitrogen and oxygen atoms in total. The molecule has 0 aliphatic rings. The van der Waals surface area contributed by atoms with E-state index < -0.39 is 0 Å². The lowest BCUT2D eigenvalue weighted by molar-refractivity contribution is 0.298. The largest absolute Gasteiger partial charge is 0.396 e. The van der Waals surface area contributed by atoms with Crippen LogP contribution in [0.2, 0.25) is 0 Å². The van der Waals surface area contributed by atoms with E-state index in [2.05, 4.69) is 30.3 Å². The normalized spacial score (nSPS) is 11.7. The zero-order valence-corrected chi connectivity index (χ0v) is 8.74. The van der Waals surface area contributed by atoms with Crippen molar-refractivity contribution < 1.29 is 5.11 Å². The molecule has 1 rings (SSSR count). The highest BCUT2D eigenvalue weighted by molar-refractivity contribution is 5.16. The SMILES string of the molecule is CC=C(CCO)CCc1ccccc1. The van der Waals surface area contributed by atoms with Crippen LogP contribution in [-0.4, -0.2) is 11.7 Å². The van der Waals surface area contributed by atoms with Crippen LogP contribution < -0.4 is 0 Å². The summed E-state index contributed by atoms with van der Waals surface area (Å²) < 4.78 is 0. The average molecular weight is 190 g/mol. The van der Waals surface area contributed by atoms with Crippen LogP contribution >= 0.6 is 0 Å². The van der Waals surface area contributed by atoms with E-state index in [-0.39, 0.29) is 6.61 Å². The Hall–Kier alpha value is -1.08. The van der Waals surface area contributed by atoms with Gasteiger partial charge in [0, 0.05) is 6.61 Å². The molecule has 0 spiro atoms. The van der Waals surface area contributed by atoms with E-state index in [9.17, 15) is 0 Å². The molecule has 0 aromatic heterocycles. The Labute approximate surface area is 86.1 Å². The maximum Gasteiger partial charge on any atom is 0.0468 e. The zero-order chi connectivity index (χ0) is 10.2. The van der Waals surface area contributed by atoms with Crippen LogP contribution in [0.15, 0.2) is 42.0 Å². The molecule has 0 aliphatic heterocycles. The summed E-state index contributed by atoms with van der Waals surface area (Å²) in [5.74, 6) is 0. The van der Waals surface area contributed by atoms with Gasteiger partial charge in [0.05, 0.1) is 0 Å². The van der Waals surface area contributed by atoms with E-state index in [1.165, 1.54) is 11.1 Å². The van der Waals surface area contributed by atoms with Crippen LogP contribution in [0, 0.1) is 0 Å². The summed E-state index contributed by atoms with van der Waals surface area (Å²) in [4.78, 5) is 0. The van der Waals surface area contributed by atoms with Crippen LogP contribution in [0.1, 0.15) is 25.3 Å².